The van der Waals surface area contributed by atoms with E-state index in [1.807, 2.05) is 37.3 Å². The van der Waals surface area contributed by atoms with Crippen molar-refractivity contribution >= 4 is 29.1 Å². The Bertz CT molecular complexity index is 1100. The number of benzene rings is 1. The van der Waals surface area contributed by atoms with Gasteiger partial charge in [0.25, 0.3) is 5.91 Å². The molecule has 3 rings (SSSR count). The maximum Gasteiger partial charge on any atom is 0.268 e. The summed E-state index contributed by atoms with van der Waals surface area (Å²) in [4.78, 5) is 36.0. The largest absolute Gasteiger partial charge is 0.390 e. The number of carbonyl (C=O) groups is 2. The number of aliphatic imine (C=N–C) groups is 1. The normalized spacial score (nSPS) is 11.6. The highest BCUT2D eigenvalue weighted by molar-refractivity contribution is 7.09. The smallest absolute Gasteiger partial charge is 0.268 e. The molecule has 0 spiro atoms. The quantitative estimate of drug-likeness (QED) is 0.206. The molecular weight excluding hydrogens is 430 g/mol. The van der Waals surface area contributed by atoms with Gasteiger partial charge in [-0.15, -0.1) is 11.3 Å². The predicted octanol–water partition coefficient (Wildman–Crippen LogP) is 0.800. The summed E-state index contributed by atoms with van der Waals surface area (Å²) < 4.78 is 0. The minimum absolute atomic E-state index is 0.0779. The summed E-state index contributed by atoms with van der Waals surface area (Å²) in [5.41, 5.74) is 14.3. The molecular formula is C21H25N7O3S. The number of carbonyl (C=O) groups excluding carboxylic acids is 2. The van der Waals surface area contributed by atoms with Crippen LogP contribution in [0, 0.1) is 6.92 Å². The summed E-state index contributed by atoms with van der Waals surface area (Å²) >= 11 is 1.28. The van der Waals surface area contributed by atoms with Gasteiger partial charge in [-0.2, -0.15) is 0 Å². The van der Waals surface area contributed by atoms with Crippen molar-refractivity contribution in [3.8, 4) is 11.3 Å². The van der Waals surface area contributed by atoms with Crippen molar-refractivity contribution in [2.24, 2.45) is 16.5 Å². The second-order valence-corrected chi connectivity index (χ2v) is 7.95. The molecule has 3 aromatic rings. The lowest BCUT2D eigenvalue weighted by Crippen LogP contribution is -2.39. The summed E-state index contributed by atoms with van der Waals surface area (Å²) in [5.74, 6) is -0.945. The summed E-state index contributed by atoms with van der Waals surface area (Å²) in [7, 11) is 0. The van der Waals surface area contributed by atoms with E-state index in [0.717, 1.165) is 16.8 Å². The van der Waals surface area contributed by atoms with E-state index in [1.54, 1.807) is 11.4 Å². The number of hydrogen-bond donors (Lipinski definition) is 6. The molecule has 0 aliphatic carbocycles. The van der Waals surface area contributed by atoms with E-state index >= 15 is 0 Å². The van der Waals surface area contributed by atoms with Crippen LogP contribution >= 0.6 is 11.3 Å². The SMILES string of the molecule is Cc1ccc(-c2ccc(C(=O)NC(CNC(=O)CN=C(N)N)c3nc(CO)cs3)[nH]2)cc1. The fraction of sp³-hybridized carbons (Fsp3) is 0.238. The van der Waals surface area contributed by atoms with Gasteiger partial charge in [-0.3, -0.25) is 9.59 Å². The van der Waals surface area contributed by atoms with Crippen LogP contribution in [-0.2, 0) is 11.4 Å². The molecule has 0 saturated heterocycles. The van der Waals surface area contributed by atoms with Crippen molar-refractivity contribution in [1.29, 1.82) is 0 Å². The van der Waals surface area contributed by atoms with Gasteiger partial charge in [0.05, 0.1) is 18.3 Å². The predicted molar refractivity (Wildman–Crippen MR) is 123 cm³/mol. The summed E-state index contributed by atoms with van der Waals surface area (Å²) in [5, 5.41) is 17.1. The number of aromatic amines is 1. The lowest BCUT2D eigenvalue weighted by Gasteiger charge is -2.17. The van der Waals surface area contributed by atoms with Crippen LogP contribution in [0.25, 0.3) is 11.3 Å². The standard InChI is InChI=1S/C21H25N7O3S/c1-12-2-4-13(5-3-12)15-6-7-16(27-15)19(31)28-17(20-26-14(10-29)11-32-20)8-24-18(30)9-25-21(22)23/h2-7,11,17,27,29H,8-10H2,1H3,(H,24,30)(H,28,31)(H4,22,23,25). The number of hydrogen-bond acceptors (Lipinski definition) is 6. The molecule has 11 heteroatoms. The molecule has 2 amide bonds. The van der Waals surface area contributed by atoms with Gasteiger partial charge >= 0.3 is 0 Å². The third-order valence-corrected chi connectivity index (χ3v) is 5.54. The van der Waals surface area contributed by atoms with E-state index in [1.165, 1.54) is 11.3 Å². The topological polar surface area (TPSA) is 172 Å². The first-order valence-electron chi connectivity index (χ1n) is 9.80. The lowest BCUT2D eigenvalue weighted by molar-refractivity contribution is -0.119. The van der Waals surface area contributed by atoms with E-state index in [-0.39, 0.29) is 31.6 Å². The summed E-state index contributed by atoms with van der Waals surface area (Å²) in [6, 6.07) is 10.9. The average molecular weight is 456 g/mol. The lowest BCUT2D eigenvalue weighted by atomic mass is 10.1. The first-order valence-corrected chi connectivity index (χ1v) is 10.7. The van der Waals surface area contributed by atoms with E-state index in [9.17, 15) is 14.7 Å². The third kappa shape index (κ3) is 6.15. The highest BCUT2D eigenvalue weighted by Gasteiger charge is 2.21. The molecule has 0 aliphatic rings. The number of nitrogens with two attached hydrogens (primary N) is 2. The second-order valence-electron chi connectivity index (χ2n) is 7.06. The number of amides is 2. The zero-order valence-corrected chi connectivity index (χ0v) is 18.3. The molecule has 2 heterocycles. The number of aliphatic hydroxyl groups excluding tert-OH is 1. The van der Waals surface area contributed by atoms with E-state index in [2.05, 4.69) is 25.6 Å². The zero-order chi connectivity index (χ0) is 23.1. The Kier molecular flexibility index (Phi) is 7.58. The van der Waals surface area contributed by atoms with Crippen LogP contribution in [0.5, 0.6) is 0 Å². The second kappa shape index (κ2) is 10.6. The molecule has 0 radical (unpaired) electrons. The minimum atomic E-state index is -0.609. The van der Waals surface area contributed by atoms with Crippen LogP contribution in [-0.4, -0.2) is 45.9 Å². The Balaban J connectivity index is 1.72. The highest BCUT2D eigenvalue weighted by atomic mass is 32.1. The molecule has 1 unspecified atom stereocenters. The van der Waals surface area contributed by atoms with Gasteiger partial charge in [-0.05, 0) is 24.6 Å². The Labute approximate surface area is 188 Å². The number of guanidine groups is 1. The number of nitrogens with zero attached hydrogens (tertiary/aromatic N) is 2. The van der Waals surface area contributed by atoms with Crippen molar-refractivity contribution in [2.45, 2.75) is 19.6 Å². The molecule has 0 saturated carbocycles. The first-order chi connectivity index (χ1) is 15.4. The highest BCUT2D eigenvalue weighted by Crippen LogP contribution is 2.21. The number of rotatable bonds is 9. The molecule has 0 bridgehead atoms. The number of aliphatic hydroxyl groups is 1. The average Bonchev–Trinajstić information content (AvgIpc) is 3.45. The van der Waals surface area contributed by atoms with Gasteiger partial charge in [0, 0.05) is 17.6 Å². The van der Waals surface area contributed by atoms with Crippen LogP contribution < -0.4 is 22.1 Å². The van der Waals surface area contributed by atoms with Crippen LogP contribution in [0.4, 0.5) is 0 Å². The Hall–Kier alpha value is -3.70. The Morgan fingerprint density at radius 2 is 1.97 bits per heavy atom. The molecule has 0 fully saturated rings. The van der Waals surface area contributed by atoms with E-state index in [4.69, 9.17) is 11.5 Å². The number of aromatic nitrogens is 2. The van der Waals surface area contributed by atoms with Crippen molar-refractivity contribution in [3.05, 3.63) is 63.7 Å². The Morgan fingerprint density at radius 3 is 2.62 bits per heavy atom. The molecule has 168 valence electrons. The maximum absolute atomic E-state index is 12.9. The third-order valence-electron chi connectivity index (χ3n) is 4.54. The molecule has 1 atom stereocenters. The first kappa shape index (κ1) is 23.0. The van der Waals surface area contributed by atoms with Crippen molar-refractivity contribution in [1.82, 2.24) is 20.6 Å². The number of aryl methyl sites for hydroxylation is 1. The van der Waals surface area contributed by atoms with Gasteiger partial charge in [0.15, 0.2) is 5.96 Å². The number of nitrogens with one attached hydrogen (secondary N) is 3. The molecule has 8 N–H and O–H groups in total. The maximum atomic E-state index is 12.9. The molecule has 10 nitrogen and oxygen atoms in total. The summed E-state index contributed by atoms with van der Waals surface area (Å²) in [6.45, 7) is 1.65. The summed E-state index contributed by atoms with van der Waals surface area (Å²) in [6.07, 6.45) is 0. The zero-order valence-electron chi connectivity index (χ0n) is 17.5. The van der Waals surface area contributed by atoms with Crippen molar-refractivity contribution in [2.75, 3.05) is 13.1 Å². The van der Waals surface area contributed by atoms with Crippen LogP contribution in [0.3, 0.4) is 0 Å². The molecule has 1 aromatic carbocycles. The Morgan fingerprint density at radius 1 is 1.22 bits per heavy atom. The van der Waals surface area contributed by atoms with Gasteiger partial charge < -0.3 is 32.2 Å². The van der Waals surface area contributed by atoms with Crippen molar-refractivity contribution < 1.29 is 14.7 Å². The van der Waals surface area contributed by atoms with Crippen LogP contribution in [0.15, 0.2) is 46.8 Å². The van der Waals surface area contributed by atoms with Gasteiger partial charge in [-0.1, -0.05) is 29.8 Å². The fourth-order valence-corrected chi connectivity index (χ4v) is 3.72. The monoisotopic (exact) mass is 455 g/mol. The van der Waals surface area contributed by atoms with Crippen LogP contribution in [0.2, 0.25) is 0 Å². The number of thiazole rings is 1. The van der Waals surface area contributed by atoms with E-state index in [0.29, 0.717) is 16.4 Å². The van der Waals surface area contributed by atoms with Gasteiger partial charge in [-0.25, -0.2) is 9.98 Å². The fourth-order valence-electron chi connectivity index (χ4n) is 2.86. The molecule has 0 aliphatic heterocycles. The molecule has 2 aromatic heterocycles. The van der Waals surface area contributed by atoms with Gasteiger partial charge in [0.1, 0.15) is 17.2 Å². The molecule has 32 heavy (non-hydrogen) atoms. The number of H-pyrrole nitrogens is 1. The minimum Gasteiger partial charge on any atom is -0.390 e. The van der Waals surface area contributed by atoms with E-state index < -0.39 is 11.9 Å². The van der Waals surface area contributed by atoms with Gasteiger partial charge in [0.2, 0.25) is 5.91 Å². The van der Waals surface area contributed by atoms with Crippen molar-refractivity contribution in [3.63, 3.8) is 0 Å². The van der Waals surface area contributed by atoms with Crippen LogP contribution in [0.1, 0.15) is 32.8 Å².